The van der Waals surface area contributed by atoms with Gasteiger partial charge in [-0.2, -0.15) is 0 Å². The van der Waals surface area contributed by atoms with Gasteiger partial charge >= 0.3 is 0 Å². The second kappa shape index (κ2) is 9.70. The number of hydrogen-bond acceptors (Lipinski definition) is 4. The van der Waals surface area contributed by atoms with Gasteiger partial charge in [-0.25, -0.2) is 0 Å². The topological polar surface area (TPSA) is 32.8 Å². The van der Waals surface area contributed by atoms with Gasteiger partial charge < -0.3 is 14.5 Å². The summed E-state index contributed by atoms with van der Waals surface area (Å²) >= 11 is 0. The molecular formula is C29H34N2O2. The number of ketones is 1. The van der Waals surface area contributed by atoms with Crippen LogP contribution in [0.5, 0.6) is 11.5 Å². The van der Waals surface area contributed by atoms with Crippen LogP contribution in [0.15, 0.2) is 60.7 Å². The molecule has 172 valence electrons. The highest BCUT2D eigenvalue weighted by atomic mass is 16.5. The van der Waals surface area contributed by atoms with Gasteiger partial charge in [-0.05, 0) is 52.3 Å². The Hall–Kier alpha value is -3.27. The predicted molar refractivity (Wildman–Crippen MR) is 137 cm³/mol. The van der Waals surface area contributed by atoms with Crippen LogP contribution < -0.4 is 14.5 Å². The molecule has 0 atom stereocenters. The molecule has 1 aliphatic heterocycles. The van der Waals surface area contributed by atoms with E-state index in [1.165, 1.54) is 0 Å². The molecule has 0 saturated heterocycles. The first-order valence-electron chi connectivity index (χ1n) is 12.1. The van der Waals surface area contributed by atoms with Crippen molar-refractivity contribution in [3.8, 4) is 11.5 Å². The Morgan fingerprint density at radius 1 is 0.758 bits per heavy atom. The molecule has 0 bridgehead atoms. The normalized spacial score (nSPS) is 12.5. The molecular weight excluding hydrogens is 408 g/mol. The predicted octanol–water partition coefficient (Wildman–Crippen LogP) is 6.81. The zero-order valence-electron chi connectivity index (χ0n) is 20.4. The molecule has 3 aromatic carbocycles. The number of fused-ring (bicyclic) bond motifs is 2. The van der Waals surface area contributed by atoms with E-state index in [0.717, 1.165) is 71.3 Å². The summed E-state index contributed by atoms with van der Waals surface area (Å²) in [7, 11) is 0. The number of benzene rings is 3. The van der Waals surface area contributed by atoms with E-state index in [1.54, 1.807) is 0 Å². The van der Waals surface area contributed by atoms with Crippen LogP contribution in [0.3, 0.4) is 0 Å². The number of Topliss-reactive ketones (excluding diaryl/α,β-unsaturated/α-hetero) is 1. The lowest BCUT2D eigenvalue weighted by Crippen LogP contribution is -2.24. The maximum atomic E-state index is 13.9. The van der Waals surface area contributed by atoms with Crippen LogP contribution >= 0.6 is 0 Å². The highest BCUT2D eigenvalue weighted by Crippen LogP contribution is 2.48. The number of hydrogen-bond donors (Lipinski definition) is 0. The van der Waals surface area contributed by atoms with Crippen molar-refractivity contribution in [2.75, 3.05) is 36.0 Å². The van der Waals surface area contributed by atoms with Crippen LogP contribution in [0, 0.1) is 6.92 Å². The van der Waals surface area contributed by atoms with Crippen molar-refractivity contribution in [1.29, 1.82) is 0 Å². The van der Waals surface area contributed by atoms with E-state index in [9.17, 15) is 4.79 Å². The maximum Gasteiger partial charge on any atom is 0.175 e. The molecule has 0 fully saturated rings. The molecule has 0 amide bonds. The average Bonchev–Trinajstić information content (AvgIpc) is 2.84. The third-order valence-corrected chi connectivity index (χ3v) is 6.77. The van der Waals surface area contributed by atoms with E-state index in [2.05, 4.69) is 73.9 Å². The van der Waals surface area contributed by atoms with E-state index in [0.29, 0.717) is 0 Å². The lowest BCUT2D eigenvalue weighted by molar-refractivity contribution is 0.0969. The van der Waals surface area contributed by atoms with Gasteiger partial charge in [0.15, 0.2) is 5.78 Å². The zero-order valence-corrected chi connectivity index (χ0v) is 20.4. The van der Waals surface area contributed by atoms with Gasteiger partial charge in [-0.15, -0.1) is 0 Å². The third-order valence-electron chi connectivity index (χ3n) is 6.77. The van der Waals surface area contributed by atoms with E-state index in [-0.39, 0.29) is 11.7 Å². The average molecular weight is 443 g/mol. The summed E-state index contributed by atoms with van der Waals surface area (Å²) < 4.78 is 6.48. The lowest BCUT2D eigenvalue weighted by atomic mass is 9.81. The van der Waals surface area contributed by atoms with Crippen LogP contribution in [0.25, 0.3) is 0 Å². The highest BCUT2D eigenvalue weighted by molar-refractivity contribution is 6.05. The summed E-state index contributed by atoms with van der Waals surface area (Å²) in [6.07, 6.45) is 0. The van der Waals surface area contributed by atoms with Crippen LogP contribution in [0.2, 0.25) is 0 Å². The molecule has 1 aliphatic rings. The summed E-state index contributed by atoms with van der Waals surface area (Å²) in [4.78, 5) is 18.5. The summed E-state index contributed by atoms with van der Waals surface area (Å²) in [5, 5.41) is 0. The fourth-order valence-corrected chi connectivity index (χ4v) is 4.84. The SMILES string of the molecule is CCN(CC)c1ccc2c(c1)Oc1cc(N(CC)CC)ccc1C2C(=O)c1ccccc1C. The van der Waals surface area contributed by atoms with Crippen LogP contribution in [-0.2, 0) is 0 Å². The molecule has 0 aromatic heterocycles. The maximum absolute atomic E-state index is 13.9. The van der Waals surface area contributed by atoms with Crippen molar-refractivity contribution in [3.05, 3.63) is 82.9 Å². The van der Waals surface area contributed by atoms with Gasteiger partial charge in [0.25, 0.3) is 0 Å². The van der Waals surface area contributed by atoms with E-state index >= 15 is 0 Å². The zero-order chi connectivity index (χ0) is 23.5. The molecule has 0 spiro atoms. The summed E-state index contributed by atoms with van der Waals surface area (Å²) in [5.74, 6) is 1.28. The van der Waals surface area contributed by atoms with E-state index in [4.69, 9.17) is 4.74 Å². The van der Waals surface area contributed by atoms with Crippen LogP contribution in [0.4, 0.5) is 11.4 Å². The van der Waals surface area contributed by atoms with Crippen LogP contribution in [0.1, 0.15) is 60.7 Å². The van der Waals surface area contributed by atoms with Crippen molar-refractivity contribution < 1.29 is 9.53 Å². The van der Waals surface area contributed by atoms with Crippen molar-refractivity contribution in [1.82, 2.24) is 0 Å². The number of aryl methyl sites for hydroxylation is 1. The van der Waals surface area contributed by atoms with Crippen molar-refractivity contribution in [2.24, 2.45) is 0 Å². The highest BCUT2D eigenvalue weighted by Gasteiger charge is 2.34. The number of carbonyl (C=O) groups is 1. The molecule has 4 nitrogen and oxygen atoms in total. The summed E-state index contributed by atoms with van der Waals surface area (Å²) in [5.41, 5.74) is 5.86. The minimum absolute atomic E-state index is 0.116. The van der Waals surface area contributed by atoms with Gasteiger partial charge in [-0.3, -0.25) is 4.79 Å². The molecule has 4 rings (SSSR count). The number of nitrogens with zero attached hydrogens (tertiary/aromatic N) is 2. The first-order valence-corrected chi connectivity index (χ1v) is 12.1. The van der Waals surface area contributed by atoms with Crippen molar-refractivity contribution >= 4 is 17.2 Å². The molecule has 33 heavy (non-hydrogen) atoms. The number of anilines is 2. The Morgan fingerprint density at radius 3 is 1.70 bits per heavy atom. The Morgan fingerprint density at radius 2 is 1.24 bits per heavy atom. The number of rotatable bonds is 8. The first-order chi connectivity index (χ1) is 16.0. The number of carbonyl (C=O) groups excluding carboxylic acids is 1. The summed E-state index contributed by atoms with van der Waals surface area (Å²) in [6, 6.07) is 20.4. The quantitative estimate of drug-likeness (QED) is 0.359. The third kappa shape index (κ3) is 4.22. The lowest BCUT2D eigenvalue weighted by Gasteiger charge is -2.31. The summed E-state index contributed by atoms with van der Waals surface area (Å²) in [6.45, 7) is 14.3. The fourth-order valence-electron chi connectivity index (χ4n) is 4.84. The Labute approximate surface area is 197 Å². The first kappa shape index (κ1) is 22.9. The van der Waals surface area contributed by atoms with E-state index < -0.39 is 0 Å². The number of ether oxygens (including phenoxy) is 1. The van der Waals surface area contributed by atoms with Crippen molar-refractivity contribution in [3.63, 3.8) is 0 Å². The molecule has 1 heterocycles. The monoisotopic (exact) mass is 442 g/mol. The fraction of sp³-hybridized carbons (Fsp3) is 0.345. The second-order valence-corrected chi connectivity index (χ2v) is 8.50. The van der Waals surface area contributed by atoms with Gasteiger partial charge in [0.1, 0.15) is 11.5 Å². The minimum atomic E-state index is -0.388. The molecule has 0 aliphatic carbocycles. The molecule has 0 unspecified atom stereocenters. The minimum Gasteiger partial charge on any atom is -0.457 e. The van der Waals surface area contributed by atoms with Crippen LogP contribution in [-0.4, -0.2) is 32.0 Å². The smallest absolute Gasteiger partial charge is 0.175 e. The Kier molecular flexibility index (Phi) is 6.73. The Balaban J connectivity index is 1.87. The second-order valence-electron chi connectivity index (χ2n) is 8.50. The molecule has 4 heteroatoms. The molecule has 0 saturated carbocycles. The molecule has 3 aromatic rings. The van der Waals surface area contributed by atoms with Gasteiger partial charge in [0.2, 0.25) is 0 Å². The standard InChI is InChI=1S/C29H34N2O2/c1-6-30(7-2)21-14-16-24-26(18-21)33-27-19-22(31(8-3)9-4)15-17-25(27)28(24)29(32)23-13-11-10-12-20(23)5/h10-19,28H,6-9H2,1-5H3. The largest absolute Gasteiger partial charge is 0.457 e. The van der Waals surface area contributed by atoms with E-state index in [1.807, 2.05) is 31.2 Å². The Bertz CT molecular complexity index is 1080. The van der Waals surface area contributed by atoms with Gasteiger partial charge in [0.05, 0.1) is 5.92 Å². The molecule has 0 N–H and O–H groups in total. The van der Waals surface area contributed by atoms with Crippen molar-refractivity contribution in [2.45, 2.75) is 40.5 Å². The van der Waals surface area contributed by atoms with Gasteiger partial charge in [0, 0.05) is 66.4 Å². The molecule has 0 radical (unpaired) electrons. The van der Waals surface area contributed by atoms with Gasteiger partial charge in [-0.1, -0.05) is 36.4 Å².